The van der Waals surface area contributed by atoms with Crippen molar-refractivity contribution < 1.29 is 19.1 Å². The molecule has 4 nitrogen and oxygen atoms in total. The average molecular weight is 237 g/mol. The van der Waals surface area contributed by atoms with Crippen LogP contribution >= 0.6 is 34.8 Å². The molecule has 0 radical (unpaired) electrons. The first-order valence-corrected chi connectivity index (χ1v) is 4.06. The van der Waals surface area contributed by atoms with Crippen molar-refractivity contribution in [1.29, 1.82) is 0 Å². The molecule has 0 saturated carbocycles. The van der Waals surface area contributed by atoms with E-state index in [2.05, 4.69) is 21.1 Å². The van der Waals surface area contributed by atoms with Gasteiger partial charge in [0.05, 0.1) is 0 Å². The molecular weight excluding hydrogens is 230 g/mol. The van der Waals surface area contributed by atoms with E-state index in [-0.39, 0.29) is 18.1 Å². The summed E-state index contributed by atoms with van der Waals surface area (Å²) in [5, 5.41) is 0. The summed E-state index contributed by atoms with van der Waals surface area (Å²) in [6.45, 7) is 1.31. The number of esters is 1. The Morgan fingerprint density at radius 2 is 1.58 bits per heavy atom. The number of carbonyl (C=O) groups excluding carboxylic acids is 2. The first kappa shape index (κ1) is 14.3. The number of carbonyl (C=O) groups is 2. The number of ether oxygens (including phenoxy) is 2. The Bertz CT molecular complexity index is 123. The standard InChI is InChI=1S/C3H5ClO2.C2H2Cl2O2/c1-3(5)6-2-4;3-1-6-2(4)5/h2H2,1H3;1H2. The van der Waals surface area contributed by atoms with Crippen LogP contribution in [-0.2, 0) is 14.3 Å². The average Bonchev–Trinajstić information content (AvgIpc) is 1.87. The van der Waals surface area contributed by atoms with Gasteiger partial charge in [-0.2, -0.15) is 0 Å². The molecule has 0 N–H and O–H groups in total. The van der Waals surface area contributed by atoms with Gasteiger partial charge in [0.2, 0.25) is 0 Å². The monoisotopic (exact) mass is 236 g/mol. The quantitative estimate of drug-likeness (QED) is 0.420. The number of hydrogen-bond donors (Lipinski definition) is 0. The second-order valence-electron chi connectivity index (χ2n) is 1.24. The maximum absolute atomic E-state index is 9.74. The molecule has 0 aromatic carbocycles. The Morgan fingerprint density at radius 1 is 1.17 bits per heavy atom. The van der Waals surface area contributed by atoms with Gasteiger partial charge in [-0.15, -0.1) is 0 Å². The minimum absolute atomic E-state index is 0.0463. The second-order valence-corrected chi connectivity index (χ2v) is 1.98. The van der Waals surface area contributed by atoms with Gasteiger partial charge < -0.3 is 9.47 Å². The first-order valence-electron chi connectivity index (χ1n) is 2.62. The van der Waals surface area contributed by atoms with Crippen LogP contribution in [0.3, 0.4) is 0 Å². The molecule has 0 aliphatic rings. The van der Waals surface area contributed by atoms with Crippen molar-refractivity contribution in [3.05, 3.63) is 0 Å². The lowest BCUT2D eigenvalue weighted by Gasteiger charge is -1.87. The van der Waals surface area contributed by atoms with Gasteiger partial charge in [0.1, 0.15) is 0 Å². The molecule has 0 aliphatic carbocycles. The fourth-order valence-electron chi connectivity index (χ4n) is 0.120. The van der Waals surface area contributed by atoms with Crippen molar-refractivity contribution in [3.8, 4) is 0 Å². The van der Waals surface area contributed by atoms with Gasteiger partial charge in [-0.05, 0) is 0 Å². The Labute approximate surface area is 84.7 Å². The zero-order valence-corrected chi connectivity index (χ0v) is 8.45. The normalized spacial score (nSPS) is 7.67. The zero-order chi connectivity index (χ0) is 9.98. The molecular formula is C5H7Cl3O4. The van der Waals surface area contributed by atoms with Crippen LogP contribution in [0.5, 0.6) is 0 Å². The summed E-state index contributed by atoms with van der Waals surface area (Å²) in [5.41, 5.74) is -0.870. The lowest BCUT2D eigenvalue weighted by Crippen LogP contribution is -1.93. The van der Waals surface area contributed by atoms with Crippen LogP contribution in [0.4, 0.5) is 4.79 Å². The lowest BCUT2D eigenvalue weighted by atomic mass is 10.8. The van der Waals surface area contributed by atoms with Crippen LogP contribution in [0, 0.1) is 0 Å². The van der Waals surface area contributed by atoms with Gasteiger partial charge in [0, 0.05) is 18.5 Å². The van der Waals surface area contributed by atoms with Crippen LogP contribution in [-0.4, -0.2) is 23.5 Å². The Hall–Kier alpha value is -0.190. The predicted molar refractivity (Wildman–Crippen MR) is 45.5 cm³/mol. The molecule has 72 valence electrons. The van der Waals surface area contributed by atoms with Crippen LogP contribution in [0.15, 0.2) is 0 Å². The summed E-state index contributed by atoms with van der Waals surface area (Å²) in [7, 11) is 0. The van der Waals surface area contributed by atoms with Crippen LogP contribution < -0.4 is 0 Å². The van der Waals surface area contributed by atoms with Gasteiger partial charge in [-0.25, -0.2) is 4.79 Å². The fraction of sp³-hybridized carbons (Fsp3) is 0.600. The van der Waals surface area contributed by atoms with E-state index in [1.807, 2.05) is 0 Å². The van der Waals surface area contributed by atoms with Gasteiger partial charge in [-0.1, -0.05) is 23.2 Å². The van der Waals surface area contributed by atoms with E-state index in [1.54, 1.807) is 0 Å². The molecule has 0 amide bonds. The van der Waals surface area contributed by atoms with Crippen molar-refractivity contribution >= 4 is 46.2 Å². The molecule has 0 spiro atoms. The molecule has 0 atom stereocenters. The third kappa shape index (κ3) is 22.6. The third-order valence-electron chi connectivity index (χ3n) is 0.426. The van der Waals surface area contributed by atoms with Gasteiger partial charge >= 0.3 is 11.4 Å². The maximum atomic E-state index is 9.74. The SMILES string of the molecule is CC(=O)OCCl.O=C(Cl)OCCl. The highest BCUT2D eigenvalue weighted by molar-refractivity contribution is 6.61. The predicted octanol–water partition coefficient (Wildman–Crippen LogP) is 2.30. The highest BCUT2D eigenvalue weighted by Crippen LogP contribution is 1.86. The Balaban J connectivity index is 0. The molecule has 0 saturated heterocycles. The molecule has 7 heteroatoms. The summed E-state index contributed by atoms with van der Waals surface area (Å²) < 4.78 is 8.10. The summed E-state index contributed by atoms with van der Waals surface area (Å²) in [5.74, 6) is -0.343. The number of hydrogen-bond acceptors (Lipinski definition) is 4. The highest BCUT2D eigenvalue weighted by atomic mass is 35.5. The number of rotatable bonds is 2. The molecule has 0 aromatic heterocycles. The van der Waals surface area contributed by atoms with Crippen molar-refractivity contribution in [1.82, 2.24) is 0 Å². The minimum Gasteiger partial charge on any atom is -0.450 e. The molecule has 0 bridgehead atoms. The van der Waals surface area contributed by atoms with Gasteiger partial charge in [0.15, 0.2) is 12.1 Å². The van der Waals surface area contributed by atoms with Crippen molar-refractivity contribution in [2.45, 2.75) is 6.92 Å². The van der Waals surface area contributed by atoms with E-state index in [1.165, 1.54) is 6.92 Å². The fourth-order valence-corrected chi connectivity index (χ4v) is 0.483. The molecule has 0 fully saturated rings. The van der Waals surface area contributed by atoms with Crippen LogP contribution in [0.1, 0.15) is 6.92 Å². The van der Waals surface area contributed by atoms with E-state index >= 15 is 0 Å². The molecule has 0 unspecified atom stereocenters. The highest BCUT2D eigenvalue weighted by Gasteiger charge is 1.87. The van der Waals surface area contributed by atoms with Gasteiger partial charge in [0.25, 0.3) is 0 Å². The smallest absolute Gasteiger partial charge is 0.404 e. The van der Waals surface area contributed by atoms with Crippen molar-refractivity contribution in [3.63, 3.8) is 0 Å². The zero-order valence-electron chi connectivity index (χ0n) is 6.18. The third-order valence-corrected chi connectivity index (χ3v) is 0.753. The topological polar surface area (TPSA) is 52.6 Å². The van der Waals surface area contributed by atoms with Crippen molar-refractivity contribution in [2.75, 3.05) is 12.1 Å². The number of halogens is 3. The number of alkyl halides is 2. The second kappa shape index (κ2) is 10.8. The lowest BCUT2D eigenvalue weighted by molar-refractivity contribution is -0.138. The Kier molecular flexibility index (Phi) is 12.9. The molecule has 12 heavy (non-hydrogen) atoms. The summed E-state index contributed by atoms with van der Waals surface area (Å²) in [6, 6.07) is -0.225. The van der Waals surface area contributed by atoms with Gasteiger partial charge in [-0.3, -0.25) is 4.79 Å². The van der Waals surface area contributed by atoms with E-state index in [0.717, 1.165) is 0 Å². The summed E-state index contributed by atoms with van der Waals surface area (Å²) in [6.07, 6.45) is 0. The van der Waals surface area contributed by atoms with Crippen LogP contribution in [0.25, 0.3) is 0 Å². The largest absolute Gasteiger partial charge is 0.450 e. The van der Waals surface area contributed by atoms with E-state index in [9.17, 15) is 9.59 Å². The molecule has 0 heterocycles. The Morgan fingerprint density at radius 3 is 1.58 bits per heavy atom. The summed E-state index contributed by atoms with van der Waals surface area (Å²) in [4.78, 5) is 19.2. The first-order chi connectivity index (χ1) is 5.54. The molecule has 0 aliphatic heterocycles. The molecule has 0 rings (SSSR count). The van der Waals surface area contributed by atoms with Crippen LogP contribution in [0.2, 0.25) is 0 Å². The molecule has 0 aromatic rings. The summed E-state index contributed by atoms with van der Waals surface area (Å²) >= 11 is 14.5. The maximum Gasteiger partial charge on any atom is 0.404 e. The van der Waals surface area contributed by atoms with E-state index in [0.29, 0.717) is 0 Å². The van der Waals surface area contributed by atoms with Crippen molar-refractivity contribution in [2.24, 2.45) is 0 Å². The van der Waals surface area contributed by atoms with E-state index in [4.69, 9.17) is 23.2 Å². The van der Waals surface area contributed by atoms with E-state index < -0.39 is 5.43 Å². The minimum atomic E-state index is -0.870.